The van der Waals surface area contributed by atoms with Crippen LogP contribution in [-0.4, -0.2) is 38.4 Å². The van der Waals surface area contributed by atoms with Crippen molar-refractivity contribution in [3.63, 3.8) is 0 Å². The minimum absolute atomic E-state index is 0. The zero-order chi connectivity index (χ0) is 17.9. The van der Waals surface area contributed by atoms with Crippen LogP contribution < -0.4 is 34.5 Å². The fourth-order valence-electron chi connectivity index (χ4n) is 4.54. The van der Waals surface area contributed by atoms with Gasteiger partial charge in [0.2, 0.25) is 11.8 Å². The van der Waals surface area contributed by atoms with E-state index in [1.807, 2.05) is 24.3 Å². The Labute approximate surface area is 180 Å². The molecule has 0 N–H and O–H groups in total. The van der Waals surface area contributed by atoms with E-state index >= 15 is 0 Å². The molecule has 2 atom stereocenters. The molecule has 1 aliphatic carbocycles. The number of carbonyl (C=O) groups excluding carboxylic acids is 2. The van der Waals surface area contributed by atoms with E-state index in [0.717, 1.165) is 5.47 Å². The van der Waals surface area contributed by atoms with E-state index in [4.69, 9.17) is 14.0 Å². The number of carbonyl (C=O) groups is 2. The van der Waals surface area contributed by atoms with Crippen LogP contribution in [0.1, 0.15) is 19.8 Å². The summed E-state index contributed by atoms with van der Waals surface area (Å²) in [6, 6.07) is 9.13. The predicted octanol–water partition coefficient (Wildman–Crippen LogP) is -0.922. The van der Waals surface area contributed by atoms with Gasteiger partial charge < -0.3 is 14.0 Å². The van der Waals surface area contributed by atoms with E-state index in [1.165, 1.54) is 4.90 Å². The molecule has 2 unspecified atom stereocenters. The molecule has 27 heavy (non-hydrogen) atoms. The Morgan fingerprint density at radius 3 is 2.22 bits per heavy atom. The largest absolute Gasteiger partial charge is 1.00 e. The second-order valence-corrected chi connectivity index (χ2v) is 8.17. The summed E-state index contributed by atoms with van der Waals surface area (Å²) in [6.07, 6.45) is 2.97. The van der Waals surface area contributed by atoms with Gasteiger partial charge in [-0.2, -0.15) is 0 Å². The van der Waals surface area contributed by atoms with Crippen LogP contribution >= 0.6 is 0 Å². The summed E-state index contributed by atoms with van der Waals surface area (Å²) in [6.45, 7) is 1.94. The van der Waals surface area contributed by atoms with Crippen LogP contribution in [0.25, 0.3) is 0 Å². The van der Waals surface area contributed by atoms with E-state index in [9.17, 15) is 9.59 Å². The molecular formula is C19H21BNNaO5. The van der Waals surface area contributed by atoms with Crippen LogP contribution in [0.3, 0.4) is 0 Å². The maximum absolute atomic E-state index is 13.0. The van der Waals surface area contributed by atoms with Crippen molar-refractivity contribution in [2.45, 2.75) is 19.8 Å². The first kappa shape index (κ1) is 19.4. The van der Waals surface area contributed by atoms with Gasteiger partial charge in [0, 0.05) is 25.2 Å². The molecular weight excluding hydrogens is 356 g/mol. The Morgan fingerprint density at radius 1 is 1.00 bits per heavy atom. The van der Waals surface area contributed by atoms with Crippen LogP contribution in [-0.2, 0) is 23.6 Å². The third kappa shape index (κ3) is 2.96. The van der Waals surface area contributed by atoms with Crippen molar-refractivity contribution in [3.8, 4) is 0 Å². The molecule has 4 fully saturated rings. The van der Waals surface area contributed by atoms with Gasteiger partial charge in [0.25, 0.3) is 0 Å². The van der Waals surface area contributed by atoms with Crippen molar-refractivity contribution in [3.05, 3.63) is 41.9 Å². The van der Waals surface area contributed by atoms with Crippen molar-refractivity contribution in [2.24, 2.45) is 17.3 Å². The average molecular weight is 377 g/mol. The third-order valence-corrected chi connectivity index (χ3v) is 6.07. The van der Waals surface area contributed by atoms with Crippen LogP contribution in [0, 0.1) is 17.3 Å². The molecule has 136 valence electrons. The van der Waals surface area contributed by atoms with Crippen molar-refractivity contribution >= 4 is 24.3 Å². The molecule has 1 aromatic rings. The fraction of sp³-hybridized carbons (Fsp3) is 0.474. The minimum atomic E-state index is -1.94. The molecule has 2 bridgehead atoms. The maximum atomic E-state index is 13.0. The topological polar surface area (TPSA) is 65.1 Å². The van der Waals surface area contributed by atoms with Gasteiger partial charge >= 0.3 is 36.3 Å². The Kier molecular flexibility index (Phi) is 4.90. The molecule has 5 aliphatic rings. The van der Waals surface area contributed by atoms with Gasteiger partial charge in [0.05, 0.1) is 17.5 Å². The predicted molar refractivity (Wildman–Crippen MR) is 94.9 cm³/mol. The van der Waals surface area contributed by atoms with Gasteiger partial charge in [-0.1, -0.05) is 25.1 Å². The molecule has 4 heterocycles. The second-order valence-electron chi connectivity index (χ2n) is 8.17. The van der Waals surface area contributed by atoms with Gasteiger partial charge in [-0.3, -0.25) is 14.5 Å². The average Bonchev–Trinajstić information content (AvgIpc) is 2.93. The Hall–Kier alpha value is -0.955. The second kappa shape index (κ2) is 6.83. The summed E-state index contributed by atoms with van der Waals surface area (Å²) in [7, 11) is 0. The monoisotopic (exact) mass is 377 g/mol. The molecule has 4 aliphatic heterocycles. The number of benzene rings is 1. The number of allylic oxidation sites excluding steroid dienone is 2. The van der Waals surface area contributed by atoms with Gasteiger partial charge in [0.15, 0.2) is 0 Å². The van der Waals surface area contributed by atoms with Crippen LogP contribution in [0.5, 0.6) is 0 Å². The van der Waals surface area contributed by atoms with Crippen molar-refractivity contribution in [1.29, 1.82) is 0 Å². The minimum Gasteiger partial charge on any atom is -0.540 e. The Bertz CT molecular complexity index is 789. The zero-order valence-electron chi connectivity index (χ0n) is 15.7. The van der Waals surface area contributed by atoms with E-state index in [2.05, 4.69) is 6.92 Å². The molecule has 6 rings (SSSR count). The molecule has 0 aromatic heterocycles. The molecule has 0 spiro atoms. The molecule has 2 amide bonds. The molecule has 8 heteroatoms. The summed E-state index contributed by atoms with van der Waals surface area (Å²) in [4.78, 5) is 27.1. The first-order valence-electron chi connectivity index (χ1n) is 9.19. The molecule has 4 saturated heterocycles. The zero-order valence-corrected chi connectivity index (χ0v) is 17.7. The summed E-state index contributed by atoms with van der Waals surface area (Å²) in [5, 5.41) is 0. The quantitative estimate of drug-likeness (QED) is 0.493. The Balaban J connectivity index is 0.00000180. The van der Waals surface area contributed by atoms with E-state index in [1.54, 1.807) is 12.1 Å². The van der Waals surface area contributed by atoms with Crippen molar-refractivity contribution in [2.75, 3.05) is 24.7 Å². The smallest absolute Gasteiger partial charge is 0.540 e. The maximum Gasteiger partial charge on any atom is 1.00 e. The van der Waals surface area contributed by atoms with Crippen LogP contribution in [0.4, 0.5) is 5.69 Å². The standard InChI is InChI=1S/C19H21BNO5.Na/c1-19-10-24-20(25-11-19,26-12-19)13-7-8-15-16(9-13)18(23)21(17(15)22)14-5-3-2-4-6-14;/h2-7,15-16H,8-12H2,1H3;/q-1;+1. The fourth-order valence-corrected chi connectivity index (χ4v) is 4.54. The SMILES string of the molecule is CC12CO[B-](C3=CCC4C(=O)N(c5ccccc5)C(=O)C4C3)(OC1)OC2.[Na+]. The third-order valence-electron chi connectivity index (χ3n) is 6.07. The van der Waals surface area contributed by atoms with Gasteiger partial charge in [-0.25, -0.2) is 0 Å². The number of hydrogen-bond donors (Lipinski definition) is 0. The summed E-state index contributed by atoms with van der Waals surface area (Å²) in [5.41, 5.74) is 1.44. The number of para-hydroxylation sites is 1. The van der Waals surface area contributed by atoms with E-state index in [-0.39, 0.29) is 58.6 Å². The normalized spacial score (nSPS) is 37.7. The molecule has 0 radical (unpaired) electrons. The number of hydrogen-bond acceptors (Lipinski definition) is 5. The number of amides is 2. The molecule has 1 aromatic carbocycles. The molecule has 6 nitrogen and oxygen atoms in total. The summed E-state index contributed by atoms with van der Waals surface area (Å²) >= 11 is 0. The van der Waals surface area contributed by atoms with Crippen LogP contribution in [0.2, 0.25) is 0 Å². The number of nitrogens with zero attached hydrogens (tertiary/aromatic N) is 1. The van der Waals surface area contributed by atoms with E-state index in [0.29, 0.717) is 38.3 Å². The van der Waals surface area contributed by atoms with Crippen molar-refractivity contribution < 1.29 is 53.1 Å². The summed E-state index contributed by atoms with van der Waals surface area (Å²) in [5.74, 6) is -0.935. The molecule has 0 saturated carbocycles. The van der Waals surface area contributed by atoms with Crippen molar-refractivity contribution in [1.82, 2.24) is 0 Å². The Morgan fingerprint density at radius 2 is 1.59 bits per heavy atom. The van der Waals surface area contributed by atoms with E-state index < -0.39 is 6.75 Å². The number of rotatable bonds is 2. The van der Waals surface area contributed by atoms with Gasteiger partial charge in [-0.05, 0) is 25.0 Å². The number of imide groups is 1. The van der Waals surface area contributed by atoms with Gasteiger partial charge in [-0.15, -0.1) is 11.5 Å². The first-order valence-corrected chi connectivity index (χ1v) is 9.19. The number of anilines is 1. The number of fused-ring (bicyclic) bond motifs is 4. The summed E-state index contributed by atoms with van der Waals surface area (Å²) < 4.78 is 17.9. The van der Waals surface area contributed by atoms with Gasteiger partial charge in [0.1, 0.15) is 0 Å². The van der Waals surface area contributed by atoms with Crippen LogP contribution in [0.15, 0.2) is 41.9 Å². The first-order chi connectivity index (χ1) is 12.5.